The van der Waals surface area contributed by atoms with Crippen LogP contribution in [0.25, 0.3) is 0 Å². The molecule has 0 bridgehead atoms. The normalized spacial score (nSPS) is 25.9. The van der Waals surface area contributed by atoms with Crippen molar-refractivity contribution in [1.82, 2.24) is 5.32 Å². The van der Waals surface area contributed by atoms with Crippen LogP contribution in [0.3, 0.4) is 0 Å². The molecule has 1 N–H and O–H groups in total. The van der Waals surface area contributed by atoms with E-state index in [1.54, 1.807) is 0 Å². The summed E-state index contributed by atoms with van der Waals surface area (Å²) in [5, 5.41) is 5.89. The average Bonchev–Trinajstić information content (AvgIpc) is 2.88. The van der Waals surface area contributed by atoms with Crippen molar-refractivity contribution >= 4 is 11.3 Å². The van der Waals surface area contributed by atoms with Gasteiger partial charge in [0.2, 0.25) is 0 Å². The Bertz CT molecular complexity index is 268. The maximum atomic E-state index is 3.73. The summed E-state index contributed by atoms with van der Waals surface area (Å²) in [5.74, 6) is 0.938. The number of nitrogens with one attached hydrogen (secondary N) is 1. The molecular weight excluding hydrogens is 202 g/mol. The molecule has 0 spiro atoms. The van der Waals surface area contributed by atoms with Crippen molar-refractivity contribution in [3.05, 3.63) is 22.4 Å². The summed E-state index contributed by atoms with van der Waals surface area (Å²) in [6.45, 7) is 3.48. The van der Waals surface area contributed by atoms with E-state index in [1.165, 1.54) is 37.0 Å². The van der Waals surface area contributed by atoms with Gasteiger partial charge in [-0.2, -0.15) is 0 Å². The molecule has 1 nitrogen and oxygen atoms in total. The topological polar surface area (TPSA) is 12.0 Å². The molecule has 0 saturated heterocycles. The van der Waals surface area contributed by atoms with Crippen molar-refractivity contribution in [3.63, 3.8) is 0 Å². The standard InChI is InChI=1S/C13H21NS/c1-2-11-5-3-7-13(11)14-9-8-12-6-4-10-15-12/h4,6,10-11,13-14H,2-3,5,7-9H2,1H3. The van der Waals surface area contributed by atoms with Gasteiger partial charge in [0.15, 0.2) is 0 Å². The predicted octanol–water partition coefficient (Wildman–Crippen LogP) is 3.46. The largest absolute Gasteiger partial charge is 0.313 e. The van der Waals surface area contributed by atoms with Crippen molar-refractivity contribution < 1.29 is 0 Å². The van der Waals surface area contributed by atoms with Crippen LogP contribution < -0.4 is 5.32 Å². The van der Waals surface area contributed by atoms with Gasteiger partial charge >= 0.3 is 0 Å². The molecule has 0 radical (unpaired) electrons. The molecule has 1 aromatic rings. The number of hydrogen-bond donors (Lipinski definition) is 1. The van der Waals surface area contributed by atoms with E-state index in [2.05, 4.69) is 29.8 Å². The summed E-state index contributed by atoms with van der Waals surface area (Å²) in [4.78, 5) is 1.51. The maximum absolute atomic E-state index is 3.73. The van der Waals surface area contributed by atoms with Gasteiger partial charge in [0, 0.05) is 17.5 Å². The molecule has 1 aromatic heterocycles. The van der Waals surface area contributed by atoms with Crippen LogP contribution in [0, 0.1) is 5.92 Å². The SMILES string of the molecule is CCC1CCCC1NCCc1cccs1. The van der Waals surface area contributed by atoms with Crippen LogP contribution in [0.15, 0.2) is 17.5 Å². The zero-order valence-corrected chi connectivity index (χ0v) is 10.4. The molecule has 0 aromatic carbocycles. The van der Waals surface area contributed by atoms with Crippen molar-refractivity contribution in [2.24, 2.45) is 5.92 Å². The molecule has 2 heteroatoms. The monoisotopic (exact) mass is 223 g/mol. The molecule has 0 aliphatic heterocycles. The second-order valence-electron chi connectivity index (χ2n) is 4.49. The fraction of sp³-hybridized carbons (Fsp3) is 0.692. The van der Waals surface area contributed by atoms with Crippen LogP contribution in [-0.4, -0.2) is 12.6 Å². The summed E-state index contributed by atoms with van der Waals surface area (Å²) in [6.07, 6.45) is 6.80. The first-order valence-electron chi connectivity index (χ1n) is 6.16. The summed E-state index contributed by atoms with van der Waals surface area (Å²) >= 11 is 1.87. The molecular formula is C13H21NS. The zero-order chi connectivity index (χ0) is 10.5. The third-order valence-electron chi connectivity index (χ3n) is 3.54. The Morgan fingerprint density at radius 2 is 2.40 bits per heavy atom. The van der Waals surface area contributed by atoms with E-state index in [9.17, 15) is 0 Å². The van der Waals surface area contributed by atoms with Gasteiger partial charge in [0.05, 0.1) is 0 Å². The zero-order valence-electron chi connectivity index (χ0n) is 9.54. The summed E-state index contributed by atoms with van der Waals surface area (Å²) < 4.78 is 0. The molecule has 1 fully saturated rings. The van der Waals surface area contributed by atoms with Gasteiger partial charge in [0.1, 0.15) is 0 Å². The molecule has 1 aliphatic rings. The Labute approximate surface area is 96.9 Å². The Morgan fingerprint density at radius 3 is 3.13 bits per heavy atom. The molecule has 1 heterocycles. The molecule has 2 unspecified atom stereocenters. The van der Waals surface area contributed by atoms with Gasteiger partial charge in [-0.15, -0.1) is 11.3 Å². The third kappa shape index (κ3) is 3.05. The highest BCUT2D eigenvalue weighted by atomic mass is 32.1. The molecule has 84 valence electrons. The first kappa shape index (κ1) is 11.2. The van der Waals surface area contributed by atoms with Crippen LogP contribution in [0.4, 0.5) is 0 Å². The van der Waals surface area contributed by atoms with Gasteiger partial charge < -0.3 is 5.32 Å². The highest BCUT2D eigenvalue weighted by molar-refractivity contribution is 7.09. The van der Waals surface area contributed by atoms with Crippen molar-refractivity contribution in [3.8, 4) is 0 Å². The Hall–Kier alpha value is -0.340. The minimum absolute atomic E-state index is 0.801. The van der Waals surface area contributed by atoms with E-state index < -0.39 is 0 Å². The van der Waals surface area contributed by atoms with Gasteiger partial charge in [-0.3, -0.25) is 0 Å². The van der Waals surface area contributed by atoms with E-state index in [-0.39, 0.29) is 0 Å². The predicted molar refractivity (Wildman–Crippen MR) is 67.4 cm³/mol. The minimum Gasteiger partial charge on any atom is -0.313 e. The van der Waals surface area contributed by atoms with Gasteiger partial charge in [-0.05, 0) is 36.6 Å². The van der Waals surface area contributed by atoms with E-state index >= 15 is 0 Å². The van der Waals surface area contributed by atoms with E-state index in [4.69, 9.17) is 0 Å². The van der Waals surface area contributed by atoms with Crippen molar-refractivity contribution in [2.45, 2.75) is 45.1 Å². The lowest BCUT2D eigenvalue weighted by atomic mass is 10.0. The quantitative estimate of drug-likeness (QED) is 0.806. The summed E-state index contributed by atoms with van der Waals surface area (Å²) in [5.41, 5.74) is 0. The van der Waals surface area contributed by atoms with Crippen LogP contribution >= 0.6 is 11.3 Å². The first-order valence-corrected chi connectivity index (χ1v) is 7.04. The minimum atomic E-state index is 0.801. The molecule has 15 heavy (non-hydrogen) atoms. The first-order chi connectivity index (χ1) is 7.40. The van der Waals surface area contributed by atoms with Crippen LogP contribution in [0.5, 0.6) is 0 Å². The smallest absolute Gasteiger partial charge is 0.00953 e. The third-order valence-corrected chi connectivity index (χ3v) is 4.48. The van der Waals surface area contributed by atoms with E-state index in [1.807, 2.05) is 11.3 Å². The summed E-state index contributed by atoms with van der Waals surface area (Å²) in [7, 11) is 0. The van der Waals surface area contributed by atoms with Crippen LogP contribution in [-0.2, 0) is 6.42 Å². The van der Waals surface area contributed by atoms with Gasteiger partial charge in [0.25, 0.3) is 0 Å². The van der Waals surface area contributed by atoms with E-state index in [0.717, 1.165) is 18.5 Å². The number of hydrogen-bond acceptors (Lipinski definition) is 2. The Balaban J connectivity index is 1.69. The fourth-order valence-electron chi connectivity index (χ4n) is 2.63. The van der Waals surface area contributed by atoms with Crippen molar-refractivity contribution in [2.75, 3.05) is 6.54 Å². The van der Waals surface area contributed by atoms with E-state index in [0.29, 0.717) is 0 Å². The second kappa shape index (κ2) is 5.66. The van der Waals surface area contributed by atoms with Crippen LogP contribution in [0.2, 0.25) is 0 Å². The fourth-order valence-corrected chi connectivity index (χ4v) is 3.34. The number of thiophene rings is 1. The molecule has 2 rings (SSSR count). The lowest BCUT2D eigenvalue weighted by molar-refractivity contribution is 0.393. The second-order valence-corrected chi connectivity index (χ2v) is 5.52. The highest BCUT2D eigenvalue weighted by Crippen LogP contribution is 2.27. The molecule has 1 aliphatic carbocycles. The summed E-state index contributed by atoms with van der Waals surface area (Å²) in [6, 6.07) is 5.18. The van der Waals surface area contributed by atoms with Crippen molar-refractivity contribution in [1.29, 1.82) is 0 Å². The maximum Gasteiger partial charge on any atom is 0.00953 e. The average molecular weight is 223 g/mol. The van der Waals surface area contributed by atoms with Gasteiger partial charge in [-0.1, -0.05) is 25.8 Å². The van der Waals surface area contributed by atoms with Gasteiger partial charge in [-0.25, -0.2) is 0 Å². The molecule has 1 saturated carbocycles. The Morgan fingerprint density at radius 1 is 1.47 bits per heavy atom. The lowest BCUT2D eigenvalue weighted by Gasteiger charge is -2.19. The Kier molecular flexibility index (Phi) is 4.21. The molecule has 2 atom stereocenters. The lowest BCUT2D eigenvalue weighted by Crippen LogP contribution is -2.33. The van der Waals surface area contributed by atoms with Crippen LogP contribution in [0.1, 0.15) is 37.5 Å². The number of rotatable bonds is 5. The highest BCUT2D eigenvalue weighted by Gasteiger charge is 2.24. The molecule has 0 amide bonds.